The molecule has 0 atom stereocenters. The lowest BCUT2D eigenvalue weighted by molar-refractivity contribution is 0.852. The molecule has 0 aliphatic carbocycles. The van der Waals surface area contributed by atoms with Crippen LogP contribution in [0.5, 0.6) is 0 Å². The van der Waals surface area contributed by atoms with Gasteiger partial charge in [0.05, 0.1) is 0 Å². The average molecular weight is 339 g/mol. The maximum Gasteiger partial charge on any atom is 0.132 e. The first-order valence-corrected chi connectivity index (χ1v) is 8.22. The van der Waals surface area contributed by atoms with Gasteiger partial charge >= 0.3 is 0 Å². The van der Waals surface area contributed by atoms with Crippen LogP contribution in [0, 0.1) is 13.8 Å². The first kappa shape index (κ1) is 18.9. The standard InChI is InChI=1S/2C9H12ClN/c1-6(2)8-4-9(10)11-5-7(8)3;1-6(2)8-4-5-11-9(10)7(8)3/h2*4-6H,1-3H3. The number of aromatic nitrogens is 2. The van der Waals surface area contributed by atoms with Crippen LogP contribution in [-0.2, 0) is 0 Å². The smallest absolute Gasteiger partial charge is 0.132 e. The molecule has 4 heteroatoms. The van der Waals surface area contributed by atoms with E-state index in [1.807, 2.05) is 25.3 Å². The van der Waals surface area contributed by atoms with Gasteiger partial charge in [0.25, 0.3) is 0 Å². The fraction of sp³-hybridized carbons (Fsp3) is 0.444. The predicted molar refractivity (Wildman–Crippen MR) is 96.1 cm³/mol. The van der Waals surface area contributed by atoms with Gasteiger partial charge in [0, 0.05) is 12.4 Å². The van der Waals surface area contributed by atoms with Gasteiger partial charge < -0.3 is 0 Å². The van der Waals surface area contributed by atoms with E-state index in [9.17, 15) is 0 Å². The molecule has 0 unspecified atom stereocenters. The summed E-state index contributed by atoms with van der Waals surface area (Å²) in [6.07, 6.45) is 3.57. The molecule has 2 aromatic heterocycles. The van der Waals surface area contributed by atoms with Gasteiger partial charge in [0.1, 0.15) is 10.3 Å². The largest absolute Gasteiger partial charge is 0.244 e. The minimum Gasteiger partial charge on any atom is -0.244 e. The third-order valence-electron chi connectivity index (χ3n) is 3.54. The Hall–Kier alpha value is -1.12. The van der Waals surface area contributed by atoms with Crippen LogP contribution in [0.15, 0.2) is 24.5 Å². The van der Waals surface area contributed by atoms with E-state index in [2.05, 4.69) is 44.6 Å². The highest BCUT2D eigenvalue weighted by molar-refractivity contribution is 6.30. The Bertz CT molecular complexity index is 616. The molecule has 2 nitrogen and oxygen atoms in total. The highest BCUT2D eigenvalue weighted by atomic mass is 35.5. The zero-order valence-electron chi connectivity index (χ0n) is 14.1. The van der Waals surface area contributed by atoms with E-state index in [4.69, 9.17) is 23.2 Å². The van der Waals surface area contributed by atoms with E-state index in [1.54, 1.807) is 6.20 Å². The summed E-state index contributed by atoms with van der Waals surface area (Å²) < 4.78 is 0. The van der Waals surface area contributed by atoms with Gasteiger partial charge in [-0.05, 0) is 60.1 Å². The van der Waals surface area contributed by atoms with Gasteiger partial charge in [-0.2, -0.15) is 0 Å². The first-order valence-electron chi connectivity index (χ1n) is 7.47. The van der Waals surface area contributed by atoms with Crippen LogP contribution in [0.1, 0.15) is 61.8 Å². The number of rotatable bonds is 2. The third kappa shape index (κ3) is 5.26. The molecule has 0 aromatic carbocycles. The van der Waals surface area contributed by atoms with Crippen LogP contribution in [0.3, 0.4) is 0 Å². The SMILES string of the molecule is Cc1c(C(C)C)ccnc1Cl.Cc1cnc(Cl)cc1C(C)C. The lowest BCUT2D eigenvalue weighted by Crippen LogP contribution is -1.93. The van der Waals surface area contributed by atoms with Crippen molar-refractivity contribution in [2.45, 2.75) is 53.4 Å². The fourth-order valence-electron chi connectivity index (χ4n) is 2.28. The van der Waals surface area contributed by atoms with Crippen LogP contribution >= 0.6 is 23.2 Å². The monoisotopic (exact) mass is 338 g/mol. The molecule has 0 saturated heterocycles. The topological polar surface area (TPSA) is 25.8 Å². The minimum absolute atomic E-state index is 0.524. The highest BCUT2D eigenvalue weighted by Gasteiger charge is 2.05. The Kier molecular flexibility index (Phi) is 7.31. The summed E-state index contributed by atoms with van der Waals surface area (Å²) >= 11 is 11.6. The second-order valence-corrected chi connectivity index (χ2v) is 6.73. The molecular weight excluding hydrogens is 315 g/mol. The van der Waals surface area contributed by atoms with Crippen molar-refractivity contribution in [2.75, 3.05) is 0 Å². The number of hydrogen-bond donors (Lipinski definition) is 0. The van der Waals surface area contributed by atoms with Gasteiger partial charge in [-0.25, -0.2) is 9.97 Å². The summed E-state index contributed by atoms with van der Waals surface area (Å²) in [6.45, 7) is 12.7. The average Bonchev–Trinajstić information content (AvgIpc) is 2.44. The van der Waals surface area contributed by atoms with Crippen molar-refractivity contribution in [1.29, 1.82) is 0 Å². The summed E-state index contributed by atoms with van der Waals surface area (Å²) in [5, 5.41) is 1.20. The molecule has 0 saturated carbocycles. The molecule has 120 valence electrons. The zero-order chi connectivity index (χ0) is 16.9. The van der Waals surface area contributed by atoms with Crippen molar-refractivity contribution in [1.82, 2.24) is 9.97 Å². The molecule has 2 rings (SSSR count). The highest BCUT2D eigenvalue weighted by Crippen LogP contribution is 2.22. The molecule has 0 bridgehead atoms. The molecule has 2 heterocycles. The van der Waals surface area contributed by atoms with Gasteiger partial charge in [-0.1, -0.05) is 50.9 Å². The summed E-state index contributed by atoms with van der Waals surface area (Å²) in [6, 6.07) is 3.95. The Morgan fingerprint density at radius 3 is 1.95 bits per heavy atom. The van der Waals surface area contributed by atoms with E-state index in [-0.39, 0.29) is 0 Å². The maximum absolute atomic E-state index is 5.85. The molecule has 0 spiro atoms. The van der Waals surface area contributed by atoms with Crippen molar-refractivity contribution >= 4 is 23.2 Å². The second-order valence-electron chi connectivity index (χ2n) is 5.99. The molecule has 0 aliphatic rings. The van der Waals surface area contributed by atoms with Crippen molar-refractivity contribution in [2.24, 2.45) is 0 Å². The first-order chi connectivity index (χ1) is 10.2. The molecule has 0 fully saturated rings. The lowest BCUT2D eigenvalue weighted by atomic mass is 10.0. The lowest BCUT2D eigenvalue weighted by Gasteiger charge is -2.08. The molecular formula is C18H24Cl2N2. The number of halogens is 2. The Morgan fingerprint density at radius 1 is 0.909 bits per heavy atom. The zero-order valence-corrected chi connectivity index (χ0v) is 15.6. The Balaban J connectivity index is 0.000000220. The Labute approximate surface area is 143 Å². The third-order valence-corrected chi connectivity index (χ3v) is 4.13. The van der Waals surface area contributed by atoms with Crippen LogP contribution in [-0.4, -0.2) is 9.97 Å². The number of aryl methyl sites for hydroxylation is 1. The maximum atomic E-state index is 5.85. The summed E-state index contributed by atoms with van der Waals surface area (Å²) in [4.78, 5) is 7.97. The van der Waals surface area contributed by atoms with Crippen molar-refractivity contribution in [3.8, 4) is 0 Å². The predicted octanol–water partition coefficient (Wildman–Crippen LogP) is 6.33. The number of nitrogens with zero attached hydrogens (tertiary/aromatic N) is 2. The molecule has 0 aliphatic heterocycles. The van der Waals surface area contributed by atoms with E-state index in [1.165, 1.54) is 16.7 Å². The number of hydrogen-bond acceptors (Lipinski definition) is 2. The van der Waals surface area contributed by atoms with Gasteiger partial charge in [-0.15, -0.1) is 0 Å². The van der Waals surface area contributed by atoms with Gasteiger partial charge in [0.15, 0.2) is 0 Å². The van der Waals surface area contributed by atoms with Crippen LogP contribution in [0.2, 0.25) is 10.3 Å². The second kappa shape index (κ2) is 8.50. The van der Waals surface area contributed by atoms with Crippen LogP contribution in [0.4, 0.5) is 0 Å². The summed E-state index contributed by atoms with van der Waals surface area (Å²) in [7, 11) is 0. The van der Waals surface area contributed by atoms with Crippen molar-refractivity contribution in [3.63, 3.8) is 0 Å². The molecule has 22 heavy (non-hydrogen) atoms. The van der Waals surface area contributed by atoms with E-state index >= 15 is 0 Å². The van der Waals surface area contributed by atoms with Gasteiger partial charge in [0.2, 0.25) is 0 Å². The Morgan fingerprint density at radius 2 is 1.50 bits per heavy atom. The van der Waals surface area contributed by atoms with Crippen molar-refractivity contribution < 1.29 is 0 Å². The van der Waals surface area contributed by atoms with Crippen molar-refractivity contribution in [3.05, 3.63) is 57.1 Å². The van der Waals surface area contributed by atoms with Gasteiger partial charge in [-0.3, -0.25) is 0 Å². The molecule has 0 radical (unpaired) electrons. The molecule has 0 N–H and O–H groups in total. The van der Waals surface area contributed by atoms with E-state index in [0.717, 1.165) is 5.56 Å². The van der Waals surface area contributed by atoms with Crippen LogP contribution in [0.25, 0.3) is 0 Å². The van der Waals surface area contributed by atoms with E-state index in [0.29, 0.717) is 22.1 Å². The minimum atomic E-state index is 0.524. The molecule has 0 amide bonds. The quantitative estimate of drug-likeness (QED) is 0.597. The normalized spacial score (nSPS) is 10.6. The fourth-order valence-corrected chi connectivity index (χ4v) is 2.62. The van der Waals surface area contributed by atoms with E-state index < -0.39 is 0 Å². The number of pyridine rings is 2. The van der Waals surface area contributed by atoms with Crippen LogP contribution < -0.4 is 0 Å². The summed E-state index contributed by atoms with van der Waals surface area (Å²) in [5.41, 5.74) is 4.88. The summed E-state index contributed by atoms with van der Waals surface area (Å²) in [5.74, 6) is 1.05. The molecule has 2 aromatic rings.